The number of hydrogen-bond acceptors (Lipinski definition) is 3. The van der Waals surface area contributed by atoms with Crippen molar-refractivity contribution in [2.24, 2.45) is 0 Å². The molecule has 1 aliphatic rings. The summed E-state index contributed by atoms with van der Waals surface area (Å²) in [5, 5.41) is 2.20. The third kappa shape index (κ3) is 1.38. The predicted octanol–water partition coefficient (Wildman–Crippen LogP) is 0.335. The molecule has 1 N–H and O–H groups in total. The molecule has 0 unspecified atom stereocenters. The number of hydrogen-bond donors (Lipinski definition) is 1. The van der Waals surface area contributed by atoms with Crippen LogP contribution in [0.5, 0.6) is 5.75 Å². The quantitative estimate of drug-likeness (QED) is 0.581. The average Bonchev–Trinajstić information content (AvgIpc) is 2.27. The lowest BCUT2D eigenvalue weighted by atomic mass is 10.2. The van der Waals surface area contributed by atoms with E-state index in [1.165, 1.54) is 0 Å². The van der Waals surface area contributed by atoms with Crippen molar-refractivity contribution >= 4 is 11.8 Å². The molecule has 0 radical (unpaired) electrons. The van der Waals surface area contributed by atoms with Gasteiger partial charge in [0.25, 0.3) is 11.8 Å². The molecule has 1 heterocycles. The molecule has 4 heteroatoms. The third-order valence-electron chi connectivity index (χ3n) is 1.74. The van der Waals surface area contributed by atoms with E-state index in [4.69, 9.17) is 4.74 Å². The summed E-state index contributed by atoms with van der Waals surface area (Å²) in [5.74, 6) is -0.370. The summed E-state index contributed by atoms with van der Waals surface area (Å²) in [6.45, 7) is -0.108. The van der Waals surface area contributed by atoms with Crippen LogP contribution >= 0.6 is 0 Å². The second-order valence-corrected chi connectivity index (χ2v) is 2.66. The monoisotopic (exact) mass is 177 g/mol. The summed E-state index contributed by atoms with van der Waals surface area (Å²) in [6.07, 6.45) is 0. The Morgan fingerprint density at radius 2 is 2.00 bits per heavy atom. The van der Waals surface area contributed by atoms with Crippen LogP contribution in [0, 0.1) is 0 Å². The van der Waals surface area contributed by atoms with E-state index in [1.54, 1.807) is 24.3 Å². The van der Waals surface area contributed by atoms with E-state index < -0.39 is 11.8 Å². The minimum absolute atomic E-state index is 0.108. The van der Waals surface area contributed by atoms with Crippen molar-refractivity contribution in [3.05, 3.63) is 29.8 Å². The van der Waals surface area contributed by atoms with E-state index in [9.17, 15) is 9.59 Å². The number of carbonyl (C=O) groups excluding carboxylic acids is 2. The van der Waals surface area contributed by atoms with Gasteiger partial charge in [0.15, 0.2) is 6.61 Å². The minimum Gasteiger partial charge on any atom is -0.483 e. The smallest absolute Gasteiger partial charge is 0.264 e. The van der Waals surface area contributed by atoms with Gasteiger partial charge in [-0.15, -0.1) is 0 Å². The molecule has 0 atom stereocenters. The summed E-state index contributed by atoms with van der Waals surface area (Å²) in [7, 11) is 0. The van der Waals surface area contributed by atoms with Gasteiger partial charge in [-0.3, -0.25) is 14.9 Å². The van der Waals surface area contributed by atoms with E-state index in [-0.39, 0.29) is 6.61 Å². The predicted molar refractivity (Wildman–Crippen MR) is 44.4 cm³/mol. The van der Waals surface area contributed by atoms with Gasteiger partial charge in [-0.1, -0.05) is 12.1 Å². The summed E-state index contributed by atoms with van der Waals surface area (Å²) in [6, 6.07) is 6.75. The Hall–Kier alpha value is -1.84. The van der Waals surface area contributed by atoms with Crippen LogP contribution in [0.4, 0.5) is 0 Å². The van der Waals surface area contributed by atoms with E-state index in [2.05, 4.69) is 5.32 Å². The first-order valence-electron chi connectivity index (χ1n) is 3.83. The number of benzene rings is 1. The third-order valence-corrected chi connectivity index (χ3v) is 1.74. The number of rotatable bonds is 0. The van der Waals surface area contributed by atoms with Crippen LogP contribution in [0.2, 0.25) is 0 Å². The maximum atomic E-state index is 11.3. The highest BCUT2D eigenvalue weighted by molar-refractivity contribution is 6.07. The fourth-order valence-electron chi connectivity index (χ4n) is 1.15. The number of para-hydroxylation sites is 1. The average molecular weight is 177 g/mol. The number of nitrogens with one attached hydrogen (secondary N) is 1. The number of ether oxygens (including phenoxy) is 1. The zero-order chi connectivity index (χ0) is 9.26. The van der Waals surface area contributed by atoms with Crippen LogP contribution in [0.3, 0.4) is 0 Å². The Morgan fingerprint density at radius 1 is 1.23 bits per heavy atom. The zero-order valence-corrected chi connectivity index (χ0v) is 6.74. The van der Waals surface area contributed by atoms with Gasteiger partial charge in [0.1, 0.15) is 5.75 Å². The van der Waals surface area contributed by atoms with Crippen molar-refractivity contribution in [3.63, 3.8) is 0 Å². The highest BCUT2D eigenvalue weighted by atomic mass is 16.5. The molecule has 0 saturated carbocycles. The molecule has 13 heavy (non-hydrogen) atoms. The van der Waals surface area contributed by atoms with Crippen LogP contribution < -0.4 is 10.1 Å². The van der Waals surface area contributed by atoms with Crippen LogP contribution in [-0.2, 0) is 4.79 Å². The van der Waals surface area contributed by atoms with Gasteiger partial charge >= 0.3 is 0 Å². The van der Waals surface area contributed by atoms with Gasteiger partial charge in [-0.05, 0) is 12.1 Å². The summed E-state index contributed by atoms with van der Waals surface area (Å²) in [4.78, 5) is 22.2. The lowest BCUT2D eigenvalue weighted by Gasteiger charge is -2.01. The molecule has 1 aromatic rings. The van der Waals surface area contributed by atoms with E-state index >= 15 is 0 Å². The van der Waals surface area contributed by atoms with Gasteiger partial charge < -0.3 is 4.74 Å². The van der Waals surface area contributed by atoms with E-state index in [0.29, 0.717) is 11.3 Å². The number of fused-ring (bicyclic) bond motifs is 1. The number of carbonyl (C=O) groups is 2. The second kappa shape index (κ2) is 2.90. The Morgan fingerprint density at radius 3 is 2.85 bits per heavy atom. The Labute approximate surface area is 74.5 Å². The first-order valence-corrected chi connectivity index (χ1v) is 3.83. The van der Waals surface area contributed by atoms with Crippen molar-refractivity contribution in [2.75, 3.05) is 6.61 Å². The van der Waals surface area contributed by atoms with Gasteiger partial charge in [-0.2, -0.15) is 0 Å². The zero-order valence-electron chi connectivity index (χ0n) is 6.74. The highest BCUT2D eigenvalue weighted by Crippen LogP contribution is 2.18. The Balaban J connectivity index is 2.46. The van der Waals surface area contributed by atoms with E-state index in [0.717, 1.165) is 0 Å². The normalized spacial score (nSPS) is 15.4. The molecule has 4 nitrogen and oxygen atoms in total. The maximum absolute atomic E-state index is 11.3. The fraction of sp³-hybridized carbons (Fsp3) is 0.111. The largest absolute Gasteiger partial charge is 0.483 e. The van der Waals surface area contributed by atoms with E-state index in [1.807, 2.05) is 0 Å². The number of imide groups is 1. The topological polar surface area (TPSA) is 55.4 Å². The maximum Gasteiger partial charge on any atom is 0.264 e. The molecule has 1 aromatic carbocycles. The molecule has 0 aromatic heterocycles. The van der Waals surface area contributed by atoms with Gasteiger partial charge in [0.05, 0.1) is 5.56 Å². The molecule has 0 aliphatic carbocycles. The molecule has 1 aliphatic heterocycles. The van der Waals surface area contributed by atoms with Crippen LogP contribution in [0.15, 0.2) is 24.3 Å². The SMILES string of the molecule is O=C1COc2ccccc2C(=O)N1. The van der Waals surface area contributed by atoms with Gasteiger partial charge in [0.2, 0.25) is 0 Å². The van der Waals surface area contributed by atoms with Crippen molar-refractivity contribution in [3.8, 4) is 5.75 Å². The summed E-state index contributed by atoms with van der Waals surface area (Å²) in [5.41, 5.74) is 0.397. The minimum atomic E-state index is -0.416. The van der Waals surface area contributed by atoms with Gasteiger partial charge in [0, 0.05) is 0 Å². The molecule has 2 rings (SSSR count). The fourth-order valence-corrected chi connectivity index (χ4v) is 1.15. The number of amides is 2. The molecular weight excluding hydrogens is 170 g/mol. The molecular formula is C9H7NO3. The molecule has 0 saturated heterocycles. The molecule has 2 amide bonds. The molecule has 0 bridgehead atoms. The molecule has 0 fully saturated rings. The van der Waals surface area contributed by atoms with Crippen molar-refractivity contribution < 1.29 is 14.3 Å². The van der Waals surface area contributed by atoms with Crippen molar-refractivity contribution in [1.29, 1.82) is 0 Å². The van der Waals surface area contributed by atoms with Crippen molar-refractivity contribution in [2.45, 2.75) is 0 Å². The van der Waals surface area contributed by atoms with Gasteiger partial charge in [-0.25, -0.2) is 0 Å². The second-order valence-electron chi connectivity index (χ2n) is 2.66. The first kappa shape index (κ1) is 7.79. The highest BCUT2D eigenvalue weighted by Gasteiger charge is 2.19. The van der Waals surface area contributed by atoms with Crippen LogP contribution in [0.25, 0.3) is 0 Å². The first-order chi connectivity index (χ1) is 6.27. The lowest BCUT2D eigenvalue weighted by Crippen LogP contribution is -2.31. The summed E-state index contributed by atoms with van der Waals surface area (Å²) >= 11 is 0. The van der Waals surface area contributed by atoms with Crippen LogP contribution in [0.1, 0.15) is 10.4 Å². The standard InChI is InChI=1S/C9H7NO3/c11-8-5-13-7-4-2-1-3-6(7)9(12)10-8/h1-4H,5H2,(H,10,11,12). The lowest BCUT2D eigenvalue weighted by molar-refractivity contribution is -0.121. The molecule has 66 valence electrons. The Bertz CT molecular complexity index is 373. The Kier molecular flexibility index (Phi) is 1.73. The molecule has 0 spiro atoms. The summed E-state index contributed by atoms with van der Waals surface area (Å²) < 4.78 is 5.10. The van der Waals surface area contributed by atoms with Crippen LogP contribution in [-0.4, -0.2) is 18.4 Å². The van der Waals surface area contributed by atoms with Crippen molar-refractivity contribution in [1.82, 2.24) is 5.32 Å².